The number of rotatable bonds is 2. The molecule has 0 amide bonds. The van der Waals surface area contributed by atoms with Crippen molar-refractivity contribution < 1.29 is 9.53 Å². The minimum atomic E-state index is -0.633. The van der Waals surface area contributed by atoms with Gasteiger partial charge in [-0.05, 0) is 38.1 Å². The Balaban J connectivity index is 2.02. The smallest absolute Gasteiger partial charge is 0.172 e. The van der Waals surface area contributed by atoms with Gasteiger partial charge in [0.2, 0.25) is 0 Å². The Bertz CT molecular complexity index is 683. The minimum absolute atomic E-state index is 0.0463. The molecule has 1 aromatic heterocycles. The van der Waals surface area contributed by atoms with Crippen molar-refractivity contribution in [1.29, 1.82) is 0 Å². The van der Waals surface area contributed by atoms with Crippen LogP contribution < -0.4 is 5.73 Å². The lowest BCUT2D eigenvalue weighted by Gasteiger charge is -2.25. The van der Waals surface area contributed by atoms with Gasteiger partial charge in [-0.15, -0.1) is 0 Å². The van der Waals surface area contributed by atoms with Gasteiger partial charge < -0.3 is 10.5 Å². The van der Waals surface area contributed by atoms with Crippen LogP contribution in [0.4, 0.5) is 0 Å². The molecule has 2 atom stereocenters. The fourth-order valence-corrected chi connectivity index (χ4v) is 2.62. The first-order chi connectivity index (χ1) is 9.50. The van der Waals surface area contributed by atoms with E-state index in [-0.39, 0.29) is 11.8 Å². The number of nitrogens with two attached hydrogens (primary N) is 1. The first kappa shape index (κ1) is 13.2. The number of carbonyl (C=O) groups is 1. The molecule has 0 bridgehead atoms. The first-order valence-electron chi connectivity index (χ1n) is 6.76. The van der Waals surface area contributed by atoms with Crippen molar-refractivity contribution in [3.63, 3.8) is 0 Å². The summed E-state index contributed by atoms with van der Waals surface area (Å²) in [7, 11) is 0. The van der Waals surface area contributed by atoms with Gasteiger partial charge in [0.05, 0.1) is 24.1 Å². The zero-order valence-corrected chi connectivity index (χ0v) is 11.7. The summed E-state index contributed by atoms with van der Waals surface area (Å²) < 4.78 is 5.36. The highest BCUT2D eigenvalue weighted by molar-refractivity contribution is 6.03. The molecule has 1 aromatic carbocycles. The van der Waals surface area contributed by atoms with E-state index in [2.05, 4.69) is 4.98 Å². The third-order valence-corrected chi connectivity index (χ3v) is 4.13. The van der Waals surface area contributed by atoms with Crippen LogP contribution in [0.1, 0.15) is 23.0 Å². The summed E-state index contributed by atoms with van der Waals surface area (Å²) in [6.45, 7) is 4.66. The number of ether oxygens (including phenoxy) is 1. The van der Waals surface area contributed by atoms with Crippen molar-refractivity contribution >= 4 is 16.7 Å². The molecule has 2 unspecified atom stereocenters. The van der Waals surface area contributed by atoms with Crippen LogP contribution in [0, 0.1) is 12.3 Å². The van der Waals surface area contributed by atoms with E-state index in [1.165, 1.54) is 0 Å². The van der Waals surface area contributed by atoms with Crippen LogP contribution in [0.3, 0.4) is 0 Å². The molecule has 1 fully saturated rings. The highest BCUT2D eigenvalue weighted by atomic mass is 16.5. The molecule has 20 heavy (non-hydrogen) atoms. The SMILES string of the molecule is Cc1ccc2cc(C(=O)C3(C)COCC3N)ccc2n1. The van der Waals surface area contributed by atoms with Gasteiger partial charge in [0.15, 0.2) is 5.78 Å². The molecule has 4 heteroatoms. The molecular formula is C16H18N2O2. The normalized spacial score (nSPS) is 26.1. The summed E-state index contributed by atoms with van der Waals surface area (Å²) in [6.07, 6.45) is 0. The first-order valence-corrected chi connectivity index (χ1v) is 6.76. The van der Waals surface area contributed by atoms with Gasteiger partial charge in [0.1, 0.15) is 0 Å². The third kappa shape index (κ3) is 2.01. The average Bonchev–Trinajstić information content (AvgIpc) is 2.78. The molecule has 104 valence electrons. The highest BCUT2D eigenvalue weighted by Gasteiger charge is 2.44. The Morgan fingerprint density at radius 2 is 2.20 bits per heavy atom. The van der Waals surface area contributed by atoms with Gasteiger partial charge in [-0.25, -0.2) is 0 Å². The van der Waals surface area contributed by atoms with E-state index >= 15 is 0 Å². The number of Topliss-reactive ketones (excluding diaryl/α,β-unsaturated/α-hetero) is 1. The van der Waals surface area contributed by atoms with Crippen molar-refractivity contribution in [2.24, 2.45) is 11.1 Å². The van der Waals surface area contributed by atoms with E-state index < -0.39 is 5.41 Å². The fourth-order valence-electron chi connectivity index (χ4n) is 2.62. The van der Waals surface area contributed by atoms with Gasteiger partial charge in [0.25, 0.3) is 0 Å². The summed E-state index contributed by atoms with van der Waals surface area (Å²) >= 11 is 0. The second kappa shape index (κ2) is 4.65. The molecule has 2 heterocycles. The van der Waals surface area contributed by atoms with Gasteiger partial charge >= 0.3 is 0 Å². The molecule has 1 saturated heterocycles. The minimum Gasteiger partial charge on any atom is -0.379 e. The number of aryl methyl sites for hydroxylation is 1. The summed E-state index contributed by atoms with van der Waals surface area (Å²) in [6, 6.07) is 9.29. The van der Waals surface area contributed by atoms with E-state index in [0.717, 1.165) is 16.6 Å². The molecule has 0 spiro atoms. The van der Waals surface area contributed by atoms with E-state index in [1.54, 1.807) is 0 Å². The lowest BCUT2D eigenvalue weighted by molar-refractivity contribution is 0.0768. The average molecular weight is 270 g/mol. The number of aromatic nitrogens is 1. The zero-order chi connectivity index (χ0) is 14.3. The summed E-state index contributed by atoms with van der Waals surface area (Å²) in [4.78, 5) is 17.2. The van der Waals surface area contributed by atoms with Gasteiger partial charge in [0, 0.05) is 22.7 Å². The molecule has 2 N–H and O–H groups in total. The topological polar surface area (TPSA) is 65.2 Å². The van der Waals surface area contributed by atoms with Crippen LogP contribution in [-0.2, 0) is 4.74 Å². The van der Waals surface area contributed by atoms with Crippen molar-refractivity contribution in [2.45, 2.75) is 19.9 Å². The molecular weight excluding hydrogens is 252 g/mol. The van der Waals surface area contributed by atoms with Crippen LogP contribution >= 0.6 is 0 Å². The number of hydrogen-bond donors (Lipinski definition) is 1. The maximum absolute atomic E-state index is 12.7. The quantitative estimate of drug-likeness (QED) is 0.849. The fraction of sp³-hybridized carbons (Fsp3) is 0.375. The van der Waals surface area contributed by atoms with E-state index in [4.69, 9.17) is 10.5 Å². The zero-order valence-electron chi connectivity index (χ0n) is 11.7. The summed E-state index contributed by atoms with van der Waals surface area (Å²) in [5.41, 5.74) is 7.93. The Morgan fingerprint density at radius 1 is 1.40 bits per heavy atom. The van der Waals surface area contributed by atoms with Crippen molar-refractivity contribution in [1.82, 2.24) is 4.98 Å². The Labute approximate surface area is 117 Å². The predicted molar refractivity (Wildman–Crippen MR) is 77.7 cm³/mol. The van der Waals surface area contributed by atoms with E-state index in [0.29, 0.717) is 18.8 Å². The predicted octanol–water partition coefficient (Wildman–Crippen LogP) is 2.09. The number of hydrogen-bond acceptors (Lipinski definition) is 4. The summed E-state index contributed by atoms with van der Waals surface area (Å²) in [5, 5.41) is 0.970. The highest BCUT2D eigenvalue weighted by Crippen LogP contribution is 2.32. The molecule has 2 aromatic rings. The van der Waals surface area contributed by atoms with E-state index in [9.17, 15) is 4.79 Å². The van der Waals surface area contributed by atoms with Crippen LogP contribution in [-0.4, -0.2) is 30.0 Å². The molecule has 0 saturated carbocycles. The van der Waals surface area contributed by atoms with Gasteiger partial charge in [-0.1, -0.05) is 6.07 Å². The number of benzene rings is 1. The number of fused-ring (bicyclic) bond motifs is 1. The maximum Gasteiger partial charge on any atom is 0.172 e. The van der Waals surface area contributed by atoms with Crippen molar-refractivity contribution in [3.05, 3.63) is 41.6 Å². The number of ketones is 1. The second-order valence-corrected chi connectivity index (χ2v) is 5.73. The Hall–Kier alpha value is -1.78. The Morgan fingerprint density at radius 3 is 2.90 bits per heavy atom. The van der Waals surface area contributed by atoms with Crippen LogP contribution in [0.2, 0.25) is 0 Å². The molecule has 1 aliphatic rings. The maximum atomic E-state index is 12.7. The molecule has 1 aliphatic heterocycles. The van der Waals surface area contributed by atoms with Crippen molar-refractivity contribution in [2.75, 3.05) is 13.2 Å². The molecule has 0 aliphatic carbocycles. The van der Waals surface area contributed by atoms with Crippen molar-refractivity contribution in [3.8, 4) is 0 Å². The standard InChI is InChI=1S/C16H18N2O2/c1-10-3-4-11-7-12(5-6-13(11)18-10)15(19)16(2)9-20-8-14(16)17/h3-7,14H,8-9,17H2,1-2H3. The van der Waals surface area contributed by atoms with Crippen LogP contribution in [0.15, 0.2) is 30.3 Å². The largest absolute Gasteiger partial charge is 0.379 e. The van der Waals surface area contributed by atoms with Crippen LogP contribution in [0.5, 0.6) is 0 Å². The number of carbonyl (C=O) groups excluding carboxylic acids is 1. The monoisotopic (exact) mass is 270 g/mol. The van der Waals surface area contributed by atoms with E-state index in [1.807, 2.05) is 44.2 Å². The van der Waals surface area contributed by atoms with Gasteiger partial charge in [-0.2, -0.15) is 0 Å². The molecule has 3 rings (SSSR count). The second-order valence-electron chi connectivity index (χ2n) is 5.73. The molecule has 4 nitrogen and oxygen atoms in total. The third-order valence-electron chi connectivity index (χ3n) is 4.13. The Kier molecular flexibility index (Phi) is 3.07. The lowest BCUT2D eigenvalue weighted by Crippen LogP contribution is -2.44. The summed E-state index contributed by atoms with van der Waals surface area (Å²) in [5.74, 6) is 0.0463. The number of nitrogens with zero attached hydrogens (tertiary/aromatic N) is 1. The lowest BCUT2D eigenvalue weighted by atomic mass is 9.78. The van der Waals surface area contributed by atoms with Gasteiger partial charge in [-0.3, -0.25) is 9.78 Å². The number of pyridine rings is 1. The van der Waals surface area contributed by atoms with Crippen LogP contribution in [0.25, 0.3) is 10.9 Å². The molecule has 0 radical (unpaired) electrons.